The summed E-state index contributed by atoms with van der Waals surface area (Å²) < 4.78 is 37.0. The second-order valence-electron chi connectivity index (χ2n) is 3.48. The van der Waals surface area contributed by atoms with Crippen LogP contribution in [0.25, 0.3) is 0 Å². The molecular formula is C10H13F3N2O2. The fourth-order valence-electron chi connectivity index (χ4n) is 1.16. The SMILES string of the molecule is OC[C@H](O)CCNc1cc(C(F)(F)F)ccn1. The summed E-state index contributed by atoms with van der Waals surface area (Å²) in [5.41, 5.74) is -0.780. The molecule has 0 radical (unpaired) electrons. The number of anilines is 1. The van der Waals surface area contributed by atoms with Gasteiger partial charge < -0.3 is 15.5 Å². The Morgan fingerprint density at radius 3 is 2.71 bits per heavy atom. The van der Waals surface area contributed by atoms with Crippen molar-refractivity contribution in [2.45, 2.75) is 18.7 Å². The molecule has 1 rings (SSSR count). The van der Waals surface area contributed by atoms with Crippen LogP contribution in [0.4, 0.5) is 19.0 Å². The smallest absolute Gasteiger partial charge is 0.394 e. The fourth-order valence-corrected chi connectivity index (χ4v) is 1.16. The van der Waals surface area contributed by atoms with Crippen molar-refractivity contribution in [3.05, 3.63) is 23.9 Å². The highest BCUT2D eigenvalue weighted by molar-refractivity contribution is 5.38. The number of alkyl halides is 3. The molecule has 1 atom stereocenters. The molecule has 7 heteroatoms. The first kappa shape index (κ1) is 13.7. The van der Waals surface area contributed by atoms with E-state index in [9.17, 15) is 13.2 Å². The molecule has 0 aromatic carbocycles. The summed E-state index contributed by atoms with van der Waals surface area (Å²) in [6.07, 6.45) is -3.99. The molecule has 0 spiro atoms. The van der Waals surface area contributed by atoms with Gasteiger partial charge in [-0.15, -0.1) is 0 Å². The molecule has 3 N–H and O–H groups in total. The Hall–Kier alpha value is -1.34. The number of hydrogen-bond acceptors (Lipinski definition) is 4. The van der Waals surface area contributed by atoms with Crippen molar-refractivity contribution in [3.63, 3.8) is 0 Å². The lowest BCUT2D eigenvalue weighted by molar-refractivity contribution is -0.137. The molecule has 1 aromatic rings. The zero-order valence-electron chi connectivity index (χ0n) is 8.91. The van der Waals surface area contributed by atoms with Crippen LogP contribution in [0.1, 0.15) is 12.0 Å². The van der Waals surface area contributed by atoms with Gasteiger partial charge in [0.05, 0.1) is 18.3 Å². The number of halogens is 3. The summed E-state index contributed by atoms with van der Waals surface area (Å²) >= 11 is 0. The summed E-state index contributed by atoms with van der Waals surface area (Å²) in [7, 11) is 0. The lowest BCUT2D eigenvalue weighted by atomic mass is 10.2. The minimum absolute atomic E-state index is 0.0879. The molecule has 17 heavy (non-hydrogen) atoms. The number of rotatable bonds is 5. The van der Waals surface area contributed by atoms with Gasteiger partial charge in [-0.25, -0.2) is 4.98 Å². The van der Waals surface area contributed by atoms with Gasteiger partial charge in [0, 0.05) is 12.7 Å². The summed E-state index contributed by atoms with van der Waals surface area (Å²) in [6, 6.07) is 1.78. The predicted octanol–water partition coefficient (Wildman–Crippen LogP) is 1.26. The van der Waals surface area contributed by atoms with E-state index in [4.69, 9.17) is 10.2 Å². The molecule has 4 nitrogen and oxygen atoms in total. The third kappa shape index (κ3) is 4.58. The maximum atomic E-state index is 12.3. The van der Waals surface area contributed by atoms with Gasteiger partial charge >= 0.3 is 6.18 Å². The molecule has 0 aliphatic carbocycles. The van der Waals surface area contributed by atoms with Gasteiger partial charge in [0.25, 0.3) is 0 Å². The van der Waals surface area contributed by atoms with Gasteiger partial charge in [0.1, 0.15) is 5.82 Å². The molecule has 0 bridgehead atoms. The summed E-state index contributed by atoms with van der Waals surface area (Å²) in [4.78, 5) is 3.72. The lowest BCUT2D eigenvalue weighted by Crippen LogP contribution is -2.17. The van der Waals surface area contributed by atoms with Crippen molar-refractivity contribution < 1.29 is 23.4 Å². The first-order valence-corrected chi connectivity index (χ1v) is 4.99. The standard InChI is InChI=1S/C10H13F3N2O2/c11-10(12,13)7-1-3-14-9(5-7)15-4-2-8(17)6-16/h1,3,5,8,16-17H,2,4,6H2,(H,14,15)/t8-/m1/s1. The van der Waals surface area contributed by atoms with Crippen LogP contribution in [-0.4, -0.2) is 34.5 Å². The van der Waals surface area contributed by atoms with Gasteiger partial charge in [0.15, 0.2) is 0 Å². The molecule has 0 fully saturated rings. The highest BCUT2D eigenvalue weighted by Crippen LogP contribution is 2.29. The van der Waals surface area contributed by atoms with Crippen LogP contribution < -0.4 is 5.32 Å². The quantitative estimate of drug-likeness (QED) is 0.736. The third-order valence-corrected chi connectivity index (χ3v) is 2.08. The van der Waals surface area contributed by atoms with Crippen LogP contribution in [-0.2, 0) is 6.18 Å². The van der Waals surface area contributed by atoms with Crippen LogP contribution >= 0.6 is 0 Å². The Labute approximate surface area is 96.1 Å². The molecule has 1 heterocycles. The van der Waals surface area contributed by atoms with Crippen molar-refractivity contribution in [2.24, 2.45) is 0 Å². The predicted molar refractivity (Wildman–Crippen MR) is 55.4 cm³/mol. The van der Waals surface area contributed by atoms with Gasteiger partial charge in [-0.1, -0.05) is 0 Å². The lowest BCUT2D eigenvalue weighted by Gasteiger charge is -2.11. The molecule has 0 amide bonds. The van der Waals surface area contributed by atoms with Crippen molar-refractivity contribution in [3.8, 4) is 0 Å². The van der Waals surface area contributed by atoms with Gasteiger partial charge in [-0.2, -0.15) is 13.2 Å². The van der Waals surface area contributed by atoms with E-state index in [1.165, 1.54) is 0 Å². The van der Waals surface area contributed by atoms with Crippen LogP contribution in [0.5, 0.6) is 0 Å². The molecular weight excluding hydrogens is 237 g/mol. The fraction of sp³-hybridized carbons (Fsp3) is 0.500. The normalized spacial score (nSPS) is 13.5. The second kappa shape index (κ2) is 5.83. The topological polar surface area (TPSA) is 65.4 Å². The third-order valence-electron chi connectivity index (χ3n) is 2.08. The first-order valence-electron chi connectivity index (χ1n) is 4.99. The van der Waals surface area contributed by atoms with Crippen LogP contribution in [0.3, 0.4) is 0 Å². The van der Waals surface area contributed by atoms with E-state index in [-0.39, 0.29) is 25.4 Å². The maximum absolute atomic E-state index is 12.3. The number of nitrogens with one attached hydrogen (secondary N) is 1. The number of hydrogen-bond donors (Lipinski definition) is 3. The molecule has 0 aliphatic rings. The zero-order valence-corrected chi connectivity index (χ0v) is 8.91. The van der Waals surface area contributed by atoms with E-state index in [1.807, 2.05) is 0 Å². The molecule has 0 aliphatic heterocycles. The number of nitrogens with zero attached hydrogens (tertiary/aromatic N) is 1. The van der Waals surface area contributed by atoms with Crippen molar-refractivity contribution in [1.29, 1.82) is 0 Å². The average Bonchev–Trinajstić information content (AvgIpc) is 2.28. The Balaban J connectivity index is 2.55. The highest BCUT2D eigenvalue weighted by atomic mass is 19.4. The summed E-state index contributed by atoms with van der Waals surface area (Å²) in [5, 5.41) is 20.2. The van der Waals surface area contributed by atoms with E-state index >= 15 is 0 Å². The monoisotopic (exact) mass is 250 g/mol. The van der Waals surface area contributed by atoms with Gasteiger partial charge in [-0.3, -0.25) is 0 Å². The van der Waals surface area contributed by atoms with Crippen molar-refractivity contribution in [2.75, 3.05) is 18.5 Å². The highest BCUT2D eigenvalue weighted by Gasteiger charge is 2.30. The van der Waals surface area contributed by atoms with Gasteiger partial charge in [-0.05, 0) is 18.6 Å². The zero-order chi connectivity index (χ0) is 12.9. The molecule has 0 saturated carbocycles. The molecule has 0 unspecified atom stereocenters. The number of pyridine rings is 1. The maximum Gasteiger partial charge on any atom is 0.416 e. The summed E-state index contributed by atoms with van der Waals surface area (Å²) in [5.74, 6) is 0.0879. The number of aromatic nitrogens is 1. The largest absolute Gasteiger partial charge is 0.416 e. The summed E-state index contributed by atoms with van der Waals surface area (Å²) in [6.45, 7) is -0.145. The number of aliphatic hydroxyl groups excluding tert-OH is 2. The van der Waals surface area contributed by atoms with E-state index in [1.54, 1.807) is 0 Å². The Kier molecular flexibility index (Phi) is 4.71. The minimum atomic E-state index is -4.40. The van der Waals surface area contributed by atoms with E-state index < -0.39 is 17.8 Å². The first-order chi connectivity index (χ1) is 7.93. The van der Waals surface area contributed by atoms with Gasteiger partial charge in [0.2, 0.25) is 0 Å². The molecule has 96 valence electrons. The van der Waals surface area contributed by atoms with Crippen LogP contribution in [0, 0.1) is 0 Å². The minimum Gasteiger partial charge on any atom is -0.394 e. The van der Waals surface area contributed by atoms with E-state index in [0.717, 1.165) is 18.3 Å². The van der Waals surface area contributed by atoms with Crippen LogP contribution in [0.15, 0.2) is 18.3 Å². The molecule has 1 aromatic heterocycles. The van der Waals surface area contributed by atoms with E-state index in [0.29, 0.717) is 0 Å². The number of aliphatic hydroxyl groups is 2. The average molecular weight is 250 g/mol. The Morgan fingerprint density at radius 2 is 2.12 bits per heavy atom. The Morgan fingerprint density at radius 1 is 1.41 bits per heavy atom. The van der Waals surface area contributed by atoms with Crippen LogP contribution in [0.2, 0.25) is 0 Å². The van der Waals surface area contributed by atoms with Crippen molar-refractivity contribution in [1.82, 2.24) is 4.98 Å². The molecule has 0 saturated heterocycles. The van der Waals surface area contributed by atoms with Crippen molar-refractivity contribution >= 4 is 5.82 Å². The van der Waals surface area contributed by atoms with E-state index in [2.05, 4.69) is 10.3 Å². The Bertz CT molecular complexity index is 358. The second-order valence-corrected chi connectivity index (χ2v) is 3.48.